The van der Waals surface area contributed by atoms with E-state index < -0.39 is 21.4 Å². The van der Waals surface area contributed by atoms with Crippen LogP contribution in [-0.4, -0.2) is 71.0 Å². The zero-order chi connectivity index (χ0) is 37.4. The van der Waals surface area contributed by atoms with Crippen LogP contribution in [-0.2, 0) is 40.5 Å². The lowest BCUT2D eigenvalue weighted by Crippen LogP contribution is -2.57. The fourth-order valence-corrected chi connectivity index (χ4v) is 12.2. The summed E-state index contributed by atoms with van der Waals surface area (Å²) in [5.74, 6) is 0.772. The van der Waals surface area contributed by atoms with E-state index in [1.54, 1.807) is 17.5 Å². The van der Waals surface area contributed by atoms with Crippen molar-refractivity contribution in [2.75, 3.05) is 30.6 Å². The zero-order valence-electron chi connectivity index (χ0n) is 31.0. The van der Waals surface area contributed by atoms with Gasteiger partial charge in [-0.2, -0.15) is 5.10 Å². The summed E-state index contributed by atoms with van der Waals surface area (Å²) in [4.78, 5) is 39.3. The maximum atomic E-state index is 13.8. The van der Waals surface area contributed by atoms with Gasteiger partial charge in [-0.05, 0) is 105 Å². The van der Waals surface area contributed by atoms with E-state index in [-0.39, 0.29) is 28.9 Å². The molecule has 4 aliphatic carbocycles. The molecule has 4 fully saturated rings. The van der Waals surface area contributed by atoms with Gasteiger partial charge in [0, 0.05) is 55.4 Å². The van der Waals surface area contributed by atoms with Crippen LogP contribution in [0.5, 0.6) is 0 Å². The van der Waals surface area contributed by atoms with E-state index in [9.17, 15) is 18.0 Å². The van der Waals surface area contributed by atoms with Gasteiger partial charge in [-0.25, -0.2) is 18.4 Å². The lowest BCUT2D eigenvalue weighted by molar-refractivity contribution is -0.184. The highest BCUT2D eigenvalue weighted by molar-refractivity contribution is 7.91. The Balaban J connectivity index is 1.01. The van der Waals surface area contributed by atoms with Crippen molar-refractivity contribution in [1.29, 1.82) is 0 Å². The normalized spacial score (nSPS) is 24.6. The summed E-state index contributed by atoms with van der Waals surface area (Å²) in [6.45, 7) is 3.90. The van der Waals surface area contributed by atoms with Gasteiger partial charge >= 0.3 is 0 Å². The van der Waals surface area contributed by atoms with Crippen LogP contribution in [0, 0.1) is 24.2 Å². The highest BCUT2D eigenvalue weighted by Crippen LogP contribution is 2.63. The van der Waals surface area contributed by atoms with Crippen LogP contribution in [0.1, 0.15) is 81.2 Å². The SMILES string of the molecule is COC12CC3CC(CC(Cn4ncc(-c5ccc(N6CCc7cccc(C(=O)Cc8nc9ccccc9s8)c7C6)nc5C(=O)CS(C)(=O)=O)c4C)(C3)C1)C2. The van der Waals surface area contributed by atoms with Crippen molar-refractivity contribution in [3.05, 3.63) is 93.9 Å². The van der Waals surface area contributed by atoms with Gasteiger partial charge in [0.1, 0.15) is 22.3 Å². The number of hydrogen-bond donors (Lipinski definition) is 0. The summed E-state index contributed by atoms with van der Waals surface area (Å²) in [6.07, 6.45) is 10.8. The summed E-state index contributed by atoms with van der Waals surface area (Å²) in [5.41, 5.74) is 6.15. The summed E-state index contributed by atoms with van der Waals surface area (Å²) in [5, 5.41) is 5.66. The van der Waals surface area contributed by atoms with Gasteiger partial charge in [0.25, 0.3) is 0 Å². The van der Waals surface area contributed by atoms with Crippen LogP contribution >= 0.6 is 11.3 Å². The van der Waals surface area contributed by atoms with Crippen LogP contribution in [0.3, 0.4) is 0 Å². The molecule has 5 aromatic rings. The number of aromatic nitrogens is 4. The average molecular weight is 764 g/mol. The van der Waals surface area contributed by atoms with Gasteiger partial charge in [0.05, 0.1) is 28.4 Å². The molecular formula is C42H45N5O5S2. The van der Waals surface area contributed by atoms with E-state index in [4.69, 9.17) is 14.8 Å². The number of sulfone groups is 1. The number of benzene rings is 2. The molecule has 2 unspecified atom stereocenters. The van der Waals surface area contributed by atoms with Crippen molar-refractivity contribution < 1.29 is 22.7 Å². The van der Waals surface area contributed by atoms with Crippen LogP contribution < -0.4 is 4.90 Å². The molecule has 280 valence electrons. The number of ketones is 2. The zero-order valence-corrected chi connectivity index (χ0v) is 32.6. The van der Waals surface area contributed by atoms with E-state index in [0.717, 1.165) is 69.7 Å². The average Bonchev–Trinajstić information content (AvgIpc) is 3.71. The quantitative estimate of drug-likeness (QED) is 0.130. The largest absolute Gasteiger partial charge is 0.378 e. The molecular weight excluding hydrogens is 719 g/mol. The van der Waals surface area contributed by atoms with E-state index >= 15 is 0 Å². The second-order valence-corrected chi connectivity index (χ2v) is 19.8. The molecule has 5 aliphatic rings. The molecule has 4 bridgehead atoms. The molecule has 12 heteroatoms. The molecule has 54 heavy (non-hydrogen) atoms. The number of anilines is 1. The van der Waals surface area contributed by atoms with Gasteiger partial charge in [-0.15, -0.1) is 11.3 Å². The summed E-state index contributed by atoms with van der Waals surface area (Å²) >= 11 is 1.54. The maximum Gasteiger partial charge on any atom is 0.196 e. The highest BCUT2D eigenvalue weighted by Gasteiger charge is 2.58. The first-order chi connectivity index (χ1) is 25.9. The van der Waals surface area contributed by atoms with Crippen molar-refractivity contribution in [1.82, 2.24) is 19.7 Å². The minimum atomic E-state index is -3.62. The third-order valence-electron chi connectivity index (χ3n) is 12.5. The third-order valence-corrected chi connectivity index (χ3v) is 14.3. The van der Waals surface area contributed by atoms with E-state index in [2.05, 4.69) is 20.6 Å². The molecule has 4 saturated carbocycles. The Hall–Kier alpha value is -4.26. The minimum absolute atomic E-state index is 0.0125. The molecule has 10 rings (SSSR count). The van der Waals surface area contributed by atoms with E-state index in [0.29, 0.717) is 48.3 Å². The van der Waals surface area contributed by atoms with Gasteiger partial charge in [0.15, 0.2) is 21.4 Å². The molecule has 0 N–H and O–H groups in total. The molecule has 2 atom stereocenters. The Morgan fingerprint density at radius 1 is 0.963 bits per heavy atom. The topological polar surface area (TPSA) is 124 Å². The number of fused-ring (bicyclic) bond motifs is 2. The van der Waals surface area contributed by atoms with Crippen molar-refractivity contribution in [2.24, 2.45) is 17.3 Å². The first-order valence-corrected chi connectivity index (χ1v) is 21.8. The van der Waals surface area contributed by atoms with Crippen LogP contribution in [0.4, 0.5) is 5.82 Å². The van der Waals surface area contributed by atoms with Crippen molar-refractivity contribution in [2.45, 2.75) is 77.0 Å². The smallest absolute Gasteiger partial charge is 0.196 e. The number of methoxy groups -OCH3 is 1. The molecule has 3 aromatic heterocycles. The number of ether oxygens (including phenoxy) is 1. The van der Waals surface area contributed by atoms with Gasteiger partial charge in [-0.3, -0.25) is 14.3 Å². The Kier molecular flexibility index (Phi) is 8.66. The predicted molar refractivity (Wildman–Crippen MR) is 210 cm³/mol. The number of para-hydroxylation sites is 1. The molecule has 4 heterocycles. The number of rotatable bonds is 11. The van der Waals surface area contributed by atoms with Crippen molar-refractivity contribution in [3.63, 3.8) is 0 Å². The van der Waals surface area contributed by atoms with E-state index in [1.165, 1.54) is 19.3 Å². The number of hydrogen-bond acceptors (Lipinski definition) is 10. The number of nitrogens with zero attached hydrogens (tertiary/aromatic N) is 5. The molecule has 1 aliphatic heterocycles. The van der Waals surface area contributed by atoms with Crippen LogP contribution in [0.15, 0.2) is 60.8 Å². The number of carbonyl (C=O) groups is 2. The molecule has 0 spiro atoms. The fraction of sp³-hybridized carbons (Fsp3) is 0.452. The fourth-order valence-electron chi connectivity index (χ4n) is 10.6. The van der Waals surface area contributed by atoms with Crippen LogP contribution in [0.2, 0.25) is 0 Å². The second kappa shape index (κ2) is 13.2. The van der Waals surface area contributed by atoms with Crippen molar-refractivity contribution in [3.8, 4) is 11.1 Å². The standard InChI is InChI=1S/C42H45N5O5S2/c1-26-32(21-43-47(26)25-41-17-27-15-28(18-41)20-42(19-27,24-41)52-2)31-11-12-38(45-40(31)36(49)23-54(3,50)51)46-14-13-29-7-6-8-30(33(29)22-46)35(48)16-39-44-34-9-4-5-10-37(34)53-39/h4-12,21,27-28H,13-20,22-25H2,1-3H3. The molecule has 10 nitrogen and oxygen atoms in total. The Morgan fingerprint density at radius 2 is 1.76 bits per heavy atom. The molecule has 2 aromatic carbocycles. The first-order valence-electron chi connectivity index (χ1n) is 18.9. The minimum Gasteiger partial charge on any atom is -0.378 e. The number of Topliss-reactive ketones (excluding diaryl/α,β-unsaturated/α-hetero) is 2. The Labute approximate surface area is 319 Å². The lowest BCUT2D eigenvalue weighted by Gasteiger charge is -2.61. The molecule has 0 radical (unpaired) electrons. The van der Waals surface area contributed by atoms with E-state index in [1.807, 2.05) is 62.6 Å². The van der Waals surface area contributed by atoms with Gasteiger partial charge < -0.3 is 9.64 Å². The second-order valence-electron chi connectivity index (χ2n) is 16.5. The maximum absolute atomic E-state index is 13.8. The Morgan fingerprint density at radius 3 is 2.52 bits per heavy atom. The highest BCUT2D eigenvalue weighted by atomic mass is 32.2. The number of pyridine rings is 1. The van der Waals surface area contributed by atoms with Gasteiger partial charge in [0.2, 0.25) is 0 Å². The number of thiazole rings is 1. The predicted octanol–water partition coefficient (Wildman–Crippen LogP) is 7.06. The van der Waals surface area contributed by atoms with Crippen molar-refractivity contribution >= 4 is 48.8 Å². The first kappa shape index (κ1) is 35.4. The molecule has 0 amide bonds. The molecule has 0 saturated heterocycles. The monoisotopic (exact) mass is 763 g/mol. The number of carbonyl (C=O) groups excluding carboxylic acids is 2. The van der Waals surface area contributed by atoms with Crippen LogP contribution in [0.25, 0.3) is 21.3 Å². The summed E-state index contributed by atoms with van der Waals surface area (Å²) < 4.78 is 34.2. The third kappa shape index (κ3) is 6.49. The van der Waals surface area contributed by atoms with Gasteiger partial charge in [-0.1, -0.05) is 30.3 Å². The Bertz CT molecular complexity index is 2390. The lowest BCUT2D eigenvalue weighted by atomic mass is 9.48. The summed E-state index contributed by atoms with van der Waals surface area (Å²) in [7, 11) is -1.75. The summed E-state index contributed by atoms with van der Waals surface area (Å²) in [6, 6.07) is 17.6.